The van der Waals surface area contributed by atoms with Crippen LogP contribution in [0.15, 0.2) is 18.3 Å². The molecule has 1 aromatic rings. The lowest BCUT2D eigenvalue weighted by Crippen LogP contribution is -2.48. The molecule has 0 N–H and O–H groups in total. The minimum atomic E-state index is -0.468. The van der Waals surface area contributed by atoms with Crippen molar-refractivity contribution < 1.29 is 9.53 Å². The zero-order chi connectivity index (χ0) is 13.0. The molecule has 0 aliphatic carbocycles. The van der Waals surface area contributed by atoms with Gasteiger partial charge in [-0.25, -0.2) is 0 Å². The first-order valence-corrected chi connectivity index (χ1v) is 5.89. The average Bonchev–Trinajstić information content (AvgIpc) is 2.41. The van der Waals surface area contributed by atoms with E-state index in [0.29, 0.717) is 19.8 Å². The topological polar surface area (TPSA) is 66.2 Å². The SMILES string of the molecule is Cc1ccc(CC(=O)N2CCOCC2C#N)cn1. The molecule has 0 bridgehead atoms. The molecule has 1 aliphatic heterocycles. The summed E-state index contributed by atoms with van der Waals surface area (Å²) < 4.78 is 5.19. The molecule has 0 saturated carbocycles. The molecule has 5 nitrogen and oxygen atoms in total. The molecule has 1 unspecified atom stereocenters. The van der Waals surface area contributed by atoms with Gasteiger partial charge in [0.1, 0.15) is 6.04 Å². The summed E-state index contributed by atoms with van der Waals surface area (Å²) in [4.78, 5) is 17.9. The van der Waals surface area contributed by atoms with Gasteiger partial charge in [-0.1, -0.05) is 6.07 Å². The Morgan fingerprint density at radius 2 is 2.50 bits per heavy atom. The lowest BCUT2D eigenvalue weighted by atomic mass is 10.1. The molecular formula is C13H15N3O2. The molecule has 1 atom stereocenters. The molecule has 18 heavy (non-hydrogen) atoms. The Hall–Kier alpha value is -1.93. The average molecular weight is 245 g/mol. The zero-order valence-corrected chi connectivity index (χ0v) is 10.3. The van der Waals surface area contributed by atoms with E-state index in [0.717, 1.165) is 11.3 Å². The molecule has 1 saturated heterocycles. The Bertz CT molecular complexity index is 464. The number of rotatable bonds is 2. The van der Waals surface area contributed by atoms with Gasteiger partial charge < -0.3 is 9.64 Å². The maximum Gasteiger partial charge on any atom is 0.228 e. The van der Waals surface area contributed by atoms with Gasteiger partial charge in [0.25, 0.3) is 0 Å². The Morgan fingerprint density at radius 1 is 1.67 bits per heavy atom. The van der Waals surface area contributed by atoms with Crippen LogP contribution >= 0.6 is 0 Å². The number of hydrogen-bond donors (Lipinski definition) is 0. The molecule has 2 heterocycles. The van der Waals surface area contributed by atoms with Crippen LogP contribution in [0.1, 0.15) is 11.3 Å². The second kappa shape index (κ2) is 5.61. The van der Waals surface area contributed by atoms with Crippen molar-refractivity contribution in [2.24, 2.45) is 0 Å². The van der Waals surface area contributed by atoms with Crippen LogP contribution in [0.2, 0.25) is 0 Å². The summed E-state index contributed by atoms with van der Waals surface area (Å²) in [7, 11) is 0. The highest BCUT2D eigenvalue weighted by atomic mass is 16.5. The number of aromatic nitrogens is 1. The van der Waals surface area contributed by atoms with Gasteiger partial charge in [0.15, 0.2) is 0 Å². The molecule has 2 rings (SSSR count). The Morgan fingerprint density at radius 3 is 3.17 bits per heavy atom. The highest BCUT2D eigenvalue weighted by Gasteiger charge is 2.26. The van der Waals surface area contributed by atoms with E-state index in [2.05, 4.69) is 11.1 Å². The van der Waals surface area contributed by atoms with Crippen molar-refractivity contribution in [3.8, 4) is 6.07 Å². The second-order valence-electron chi connectivity index (χ2n) is 4.29. The number of nitriles is 1. The van der Waals surface area contributed by atoms with Gasteiger partial charge in [0.05, 0.1) is 25.7 Å². The minimum absolute atomic E-state index is 0.0458. The van der Waals surface area contributed by atoms with E-state index in [1.54, 1.807) is 11.1 Å². The second-order valence-corrected chi connectivity index (χ2v) is 4.29. The molecule has 1 aliphatic rings. The number of aryl methyl sites for hydroxylation is 1. The lowest BCUT2D eigenvalue weighted by Gasteiger charge is -2.31. The smallest absolute Gasteiger partial charge is 0.228 e. The fourth-order valence-electron chi connectivity index (χ4n) is 1.89. The maximum atomic E-state index is 12.1. The molecule has 0 radical (unpaired) electrons. The number of nitrogens with zero attached hydrogens (tertiary/aromatic N) is 3. The van der Waals surface area contributed by atoms with E-state index in [1.165, 1.54) is 0 Å². The van der Waals surface area contributed by atoms with E-state index in [1.807, 2.05) is 19.1 Å². The Labute approximate surface area is 106 Å². The van der Waals surface area contributed by atoms with Crippen LogP contribution in [0, 0.1) is 18.3 Å². The van der Waals surface area contributed by atoms with Crippen molar-refractivity contribution in [1.29, 1.82) is 5.26 Å². The van der Waals surface area contributed by atoms with E-state index in [9.17, 15) is 4.79 Å². The third kappa shape index (κ3) is 2.84. The largest absolute Gasteiger partial charge is 0.376 e. The number of ether oxygens (including phenoxy) is 1. The first kappa shape index (κ1) is 12.5. The van der Waals surface area contributed by atoms with Crippen LogP contribution in [-0.4, -0.2) is 41.6 Å². The number of pyridine rings is 1. The number of carbonyl (C=O) groups excluding carboxylic acids is 1. The molecular weight excluding hydrogens is 230 g/mol. The lowest BCUT2D eigenvalue weighted by molar-refractivity contribution is -0.136. The molecule has 1 aromatic heterocycles. The summed E-state index contributed by atoms with van der Waals surface area (Å²) in [5, 5.41) is 8.98. The Balaban J connectivity index is 2.02. The van der Waals surface area contributed by atoms with Crippen molar-refractivity contribution in [2.75, 3.05) is 19.8 Å². The van der Waals surface area contributed by atoms with Crippen LogP contribution in [0.3, 0.4) is 0 Å². The third-order valence-electron chi connectivity index (χ3n) is 2.93. The monoisotopic (exact) mass is 245 g/mol. The van der Waals surface area contributed by atoms with Crippen LogP contribution in [0.5, 0.6) is 0 Å². The predicted molar refractivity (Wildman–Crippen MR) is 64.6 cm³/mol. The number of hydrogen-bond acceptors (Lipinski definition) is 4. The van der Waals surface area contributed by atoms with E-state index >= 15 is 0 Å². The van der Waals surface area contributed by atoms with Gasteiger partial charge in [-0.15, -0.1) is 0 Å². The van der Waals surface area contributed by atoms with Gasteiger partial charge in [-0.3, -0.25) is 9.78 Å². The quantitative estimate of drug-likeness (QED) is 0.768. The van der Waals surface area contributed by atoms with Crippen molar-refractivity contribution in [1.82, 2.24) is 9.88 Å². The molecule has 0 spiro atoms. The van der Waals surface area contributed by atoms with E-state index < -0.39 is 6.04 Å². The van der Waals surface area contributed by atoms with E-state index in [-0.39, 0.29) is 12.3 Å². The number of morpholine rings is 1. The van der Waals surface area contributed by atoms with Crippen molar-refractivity contribution in [3.05, 3.63) is 29.6 Å². The zero-order valence-electron chi connectivity index (χ0n) is 10.3. The van der Waals surface area contributed by atoms with Crippen LogP contribution in [0.4, 0.5) is 0 Å². The highest BCUT2D eigenvalue weighted by Crippen LogP contribution is 2.10. The summed E-state index contributed by atoms with van der Waals surface area (Å²) in [6.45, 7) is 3.18. The summed E-state index contributed by atoms with van der Waals surface area (Å²) in [5.41, 5.74) is 1.79. The van der Waals surface area contributed by atoms with Crippen LogP contribution in [0.25, 0.3) is 0 Å². The van der Waals surface area contributed by atoms with Crippen LogP contribution < -0.4 is 0 Å². The van der Waals surface area contributed by atoms with Gasteiger partial charge in [0.2, 0.25) is 5.91 Å². The maximum absolute atomic E-state index is 12.1. The molecule has 0 aromatic carbocycles. The third-order valence-corrected chi connectivity index (χ3v) is 2.93. The normalized spacial score (nSPS) is 19.3. The van der Waals surface area contributed by atoms with Gasteiger partial charge >= 0.3 is 0 Å². The standard InChI is InChI=1S/C13H15N3O2/c1-10-2-3-11(8-15-10)6-13(17)16-4-5-18-9-12(16)7-14/h2-3,8,12H,4-6,9H2,1H3. The van der Waals surface area contributed by atoms with Crippen molar-refractivity contribution in [2.45, 2.75) is 19.4 Å². The minimum Gasteiger partial charge on any atom is -0.376 e. The van der Waals surface area contributed by atoms with Gasteiger partial charge in [-0.05, 0) is 18.6 Å². The van der Waals surface area contributed by atoms with Crippen molar-refractivity contribution >= 4 is 5.91 Å². The summed E-state index contributed by atoms with van der Waals surface area (Å²) in [6, 6.07) is 5.40. The predicted octanol–water partition coefficient (Wildman–Crippen LogP) is 0.683. The molecule has 1 amide bonds. The summed E-state index contributed by atoms with van der Waals surface area (Å²) in [5.74, 6) is -0.0458. The van der Waals surface area contributed by atoms with Crippen LogP contribution in [-0.2, 0) is 16.0 Å². The highest BCUT2D eigenvalue weighted by molar-refractivity contribution is 5.79. The van der Waals surface area contributed by atoms with E-state index in [4.69, 9.17) is 10.00 Å². The van der Waals surface area contributed by atoms with Gasteiger partial charge in [-0.2, -0.15) is 5.26 Å². The summed E-state index contributed by atoms with van der Waals surface area (Å²) >= 11 is 0. The first-order valence-electron chi connectivity index (χ1n) is 5.89. The fourth-order valence-corrected chi connectivity index (χ4v) is 1.89. The fraction of sp³-hybridized carbons (Fsp3) is 0.462. The Kier molecular flexibility index (Phi) is 3.90. The first-order chi connectivity index (χ1) is 8.70. The van der Waals surface area contributed by atoms with Gasteiger partial charge in [0, 0.05) is 18.4 Å². The summed E-state index contributed by atoms with van der Waals surface area (Å²) in [6.07, 6.45) is 1.99. The van der Waals surface area contributed by atoms with Crippen molar-refractivity contribution in [3.63, 3.8) is 0 Å². The molecule has 5 heteroatoms. The number of amides is 1. The number of carbonyl (C=O) groups is 1. The molecule has 1 fully saturated rings. The molecule has 94 valence electrons.